The van der Waals surface area contributed by atoms with Gasteiger partial charge in [-0.05, 0) is 42.0 Å². The predicted molar refractivity (Wildman–Crippen MR) is 136 cm³/mol. The summed E-state index contributed by atoms with van der Waals surface area (Å²) in [6, 6.07) is 17.1. The minimum absolute atomic E-state index is 0.124. The average Bonchev–Trinajstić information content (AvgIpc) is 2.83. The molecule has 0 atom stereocenters. The zero-order valence-corrected chi connectivity index (χ0v) is 19.5. The second kappa shape index (κ2) is 10.2. The Morgan fingerprint density at radius 3 is 2.68 bits per heavy atom. The summed E-state index contributed by atoms with van der Waals surface area (Å²) in [6.07, 6.45) is 5.02. The number of amides is 1. The summed E-state index contributed by atoms with van der Waals surface area (Å²) in [6.45, 7) is 4.20. The molecule has 0 aliphatic carbocycles. The summed E-state index contributed by atoms with van der Waals surface area (Å²) < 4.78 is 0. The zero-order chi connectivity index (χ0) is 24.1. The van der Waals surface area contributed by atoms with Gasteiger partial charge < -0.3 is 16.0 Å². The molecular weight excluding hydrogens is 448 g/mol. The highest BCUT2D eigenvalue weighted by molar-refractivity contribution is 6.30. The molecule has 2 aromatic carbocycles. The maximum Gasteiger partial charge on any atom is 0.226 e. The van der Waals surface area contributed by atoms with Gasteiger partial charge in [-0.3, -0.25) is 14.8 Å². The number of aromatic nitrogens is 2. The summed E-state index contributed by atoms with van der Waals surface area (Å²) in [4.78, 5) is 21.2. The number of carbonyl (C=O) groups is 1. The smallest absolute Gasteiger partial charge is 0.226 e. The summed E-state index contributed by atoms with van der Waals surface area (Å²) in [7, 11) is 0. The number of rotatable bonds is 7. The predicted octanol–water partition coefficient (Wildman–Crippen LogP) is 6.11. The van der Waals surface area contributed by atoms with Crippen LogP contribution in [-0.4, -0.2) is 15.9 Å². The topological polar surface area (TPSA) is 103 Å². The number of nitriles is 1. The van der Waals surface area contributed by atoms with E-state index in [1.165, 1.54) is 6.20 Å². The van der Waals surface area contributed by atoms with Crippen LogP contribution in [0.1, 0.15) is 25.0 Å². The van der Waals surface area contributed by atoms with Crippen molar-refractivity contribution in [2.24, 2.45) is 5.92 Å². The number of anilines is 4. The Kier molecular flexibility index (Phi) is 6.90. The van der Waals surface area contributed by atoms with Gasteiger partial charge in [0.25, 0.3) is 0 Å². The zero-order valence-electron chi connectivity index (χ0n) is 18.8. The summed E-state index contributed by atoms with van der Waals surface area (Å²) in [5.74, 6) is -0.328. The monoisotopic (exact) mass is 470 g/mol. The number of carbonyl (C=O) groups excluding carboxylic acids is 1. The number of nitrogens with zero attached hydrogens (tertiary/aromatic N) is 3. The quantitative estimate of drug-likeness (QED) is 0.301. The lowest BCUT2D eigenvalue weighted by atomic mass is 10.1. The molecule has 4 rings (SSSR count). The van der Waals surface area contributed by atoms with Gasteiger partial charge in [0.05, 0.1) is 22.5 Å². The molecular formula is C26H23ClN6O. The Morgan fingerprint density at radius 2 is 1.97 bits per heavy atom. The number of fused-ring (bicyclic) bond motifs is 1. The van der Waals surface area contributed by atoms with Crippen molar-refractivity contribution >= 4 is 51.2 Å². The van der Waals surface area contributed by atoms with Crippen LogP contribution in [-0.2, 0) is 11.3 Å². The van der Waals surface area contributed by atoms with Crippen LogP contribution >= 0.6 is 11.6 Å². The van der Waals surface area contributed by atoms with Crippen molar-refractivity contribution in [2.75, 3.05) is 16.0 Å². The maximum absolute atomic E-state index is 12.5. The minimum atomic E-state index is -0.204. The third-order valence-electron chi connectivity index (χ3n) is 5.19. The molecule has 8 heteroatoms. The highest BCUT2D eigenvalue weighted by Crippen LogP contribution is 2.36. The van der Waals surface area contributed by atoms with Gasteiger partial charge >= 0.3 is 0 Å². The molecule has 1 amide bonds. The van der Waals surface area contributed by atoms with E-state index in [9.17, 15) is 10.1 Å². The van der Waals surface area contributed by atoms with Gasteiger partial charge in [0.15, 0.2) is 0 Å². The van der Waals surface area contributed by atoms with Gasteiger partial charge in [0.1, 0.15) is 6.07 Å². The van der Waals surface area contributed by atoms with Crippen molar-refractivity contribution < 1.29 is 4.79 Å². The molecule has 2 heterocycles. The molecule has 0 bridgehead atoms. The molecule has 0 aliphatic rings. The van der Waals surface area contributed by atoms with Crippen LogP contribution in [0.2, 0.25) is 5.02 Å². The highest BCUT2D eigenvalue weighted by Gasteiger charge is 2.17. The second-order valence-corrected chi connectivity index (χ2v) is 8.51. The largest absolute Gasteiger partial charge is 0.381 e. The fraction of sp³-hybridized carbons (Fsp3) is 0.154. The maximum atomic E-state index is 12.5. The third kappa shape index (κ3) is 5.25. The minimum Gasteiger partial charge on any atom is -0.381 e. The molecule has 3 N–H and O–H groups in total. The first-order chi connectivity index (χ1) is 16.4. The van der Waals surface area contributed by atoms with Crippen molar-refractivity contribution in [3.8, 4) is 6.07 Å². The van der Waals surface area contributed by atoms with Gasteiger partial charge in [-0.2, -0.15) is 5.26 Å². The van der Waals surface area contributed by atoms with Gasteiger partial charge in [0, 0.05) is 52.8 Å². The van der Waals surface area contributed by atoms with Gasteiger partial charge in [-0.1, -0.05) is 37.6 Å². The van der Waals surface area contributed by atoms with Crippen LogP contribution in [0.5, 0.6) is 0 Å². The lowest BCUT2D eigenvalue weighted by Crippen LogP contribution is -2.18. The van der Waals surface area contributed by atoms with E-state index in [0.29, 0.717) is 39.4 Å². The molecule has 7 nitrogen and oxygen atoms in total. The molecule has 0 unspecified atom stereocenters. The van der Waals surface area contributed by atoms with Crippen molar-refractivity contribution in [1.29, 1.82) is 5.26 Å². The SMILES string of the molecule is CC(C)C(=O)Nc1cc(NCc2cccnc2)cc2c(Nc3cccc(Cl)c3)c(C#N)cnc12. The molecule has 34 heavy (non-hydrogen) atoms. The number of nitrogens with one attached hydrogen (secondary N) is 3. The van der Waals surface area contributed by atoms with E-state index in [4.69, 9.17) is 11.6 Å². The molecule has 0 radical (unpaired) electrons. The Morgan fingerprint density at radius 1 is 1.12 bits per heavy atom. The molecule has 0 saturated carbocycles. The van der Waals surface area contributed by atoms with Crippen molar-refractivity contribution in [2.45, 2.75) is 20.4 Å². The molecule has 0 spiro atoms. The van der Waals surface area contributed by atoms with Crippen molar-refractivity contribution in [3.63, 3.8) is 0 Å². The number of pyridine rings is 2. The van der Waals surface area contributed by atoms with E-state index in [2.05, 4.69) is 32.0 Å². The van der Waals surface area contributed by atoms with Crippen LogP contribution < -0.4 is 16.0 Å². The van der Waals surface area contributed by atoms with E-state index < -0.39 is 0 Å². The highest BCUT2D eigenvalue weighted by atomic mass is 35.5. The molecule has 0 fully saturated rings. The van der Waals surface area contributed by atoms with Crippen LogP contribution in [0.25, 0.3) is 10.9 Å². The van der Waals surface area contributed by atoms with Crippen molar-refractivity contribution in [1.82, 2.24) is 9.97 Å². The average molecular weight is 471 g/mol. The Bertz CT molecular complexity index is 1380. The number of halogens is 1. The Balaban J connectivity index is 1.83. The fourth-order valence-electron chi connectivity index (χ4n) is 3.41. The van der Waals surface area contributed by atoms with E-state index >= 15 is 0 Å². The van der Waals surface area contributed by atoms with Crippen LogP contribution in [0, 0.1) is 17.2 Å². The summed E-state index contributed by atoms with van der Waals surface area (Å²) in [5.41, 5.74) is 4.60. The number of hydrogen-bond donors (Lipinski definition) is 3. The van der Waals surface area contributed by atoms with Gasteiger partial charge in [0.2, 0.25) is 5.91 Å². The third-order valence-corrected chi connectivity index (χ3v) is 5.42. The van der Waals surface area contributed by atoms with Gasteiger partial charge in [-0.15, -0.1) is 0 Å². The summed E-state index contributed by atoms with van der Waals surface area (Å²) in [5, 5.41) is 20.7. The molecule has 0 aliphatic heterocycles. The van der Waals surface area contributed by atoms with Crippen LogP contribution in [0.4, 0.5) is 22.7 Å². The normalized spacial score (nSPS) is 10.7. The van der Waals surface area contributed by atoms with Gasteiger partial charge in [-0.25, -0.2) is 0 Å². The van der Waals surface area contributed by atoms with E-state index in [-0.39, 0.29) is 11.8 Å². The van der Waals surface area contributed by atoms with E-state index in [0.717, 1.165) is 16.9 Å². The lowest BCUT2D eigenvalue weighted by molar-refractivity contribution is -0.118. The Hall–Kier alpha value is -4.15. The fourth-order valence-corrected chi connectivity index (χ4v) is 3.60. The second-order valence-electron chi connectivity index (χ2n) is 8.07. The number of hydrogen-bond acceptors (Lipinski definition) is 6. The molecule has 4 aromatic rings. The first-order valence-corrected chi connectivity index (χ1v) is 11.2. The molecule has 170 valence electrons. The molecule has 0 saturated heterocycles. The van der Waals surface area contributed by atoms with E-state index in [1.807, 2.05) is 50.2 Å². The lowest BCUT2D eigenvalue weighted by Gasteiger charge is -2.17. The Labute approximate surface area is 202 Å². The van der Waals surface area contributed by atoms with Crippen molar-refractivity contribution in [3.05, 3.63) is 83.3 Å². The summed E-state index contributed by atoms with van der Waals surface area (Å²) >= 11 is 6.16. The molecule has 2 aromatic heterocycles. The standard InChI is InChI=1S/C26H23ClN6O/c1-16(2)26(34)33-23-11-21(30-14-17-5-4-8-29-13-17)10-22-24(18(12-28)15-31-25(22)23)32-20-7-3-6-19(27)9-20/h3-11,13,15-16,30H,14H2,1-2H3,(H,31,32)(H,33,34). The first kappa shape index (κ1) is 23.0. The first-order valence-electron chi connectivity index (χ1n) is 10.8. The van der Waals surface area contributed by atoms with Crippen LogP contribution in [0.15, 0.2) is 67.1 Å². The van der Waals surface area contributed by atoms with Crippen LogP contribution in [0.3, 0.4) is 0 Å². The number of benzene rings is 2. The van der Waals surface area contributed by atoms with E-state index in [1.54, 1.807) is 24.5 Å².